The molecule has 7 nitrogen and oxygen atoms in total. The van der Waals surface area contributed by atoms with Crippen LogP contribution in [0.2, 0.25) is 5.02 Å². The van der Waals surface area contributed by atoms with Gasteiger partial charge in [0.25, 0.3) is 11.8 Å². The Morgan fingerprint density at radius 2 is 1.91 bits per heavy atom. The normalized spacial score (nSPS) is 23.7. The van der Waals surface area contributed by atoms with Crippen molar-refractivity contribution in [3.8, 4) is 5.75 Å². The van der Waals surface area contributed by atoms with E-state index in [-0.39, 0.29) is 41.4 Å². The zero-order chi connectivity index (χ0) is 22.7. The Morgan fingerprint density at radius 3 is 2.62 bits per heavy atom. The molecule has 2 saturated heterocycles. The van der Waals surface area contributed by atoms with Crippen molar-refractivity contribution in [2.75, 3.05) is 0 Å². The minimum atomic E-state index is -1.00. The van der Waals surface area contributed by atoms with Crippen LogP contribution < -0.4 is 10.7 Å². The fraction of sp³-hybridized carbons (Fsp3) is 0.409. The Kier molecular flexibility index (Phi) is 4.96. The predicted molar refractivity (Wildman–Crippen MR) is 111 cm³/mol. The van der Waals surface area contributed by atoms with E-state index in [0.717, 1.165) is 37.8 Å². The van der Waals surface area contributed by atoms with E-state index in [9.17, 15) is 28.3 Å². The number of carbonyl (C=O) groups excluding carboxylic acids is 2. The largest absolute Gasteiger partial charge is 0.503 e. The standard InChI is InChI=1S/C22H20ClF2N3O4/c23-16-14(24)6-3-11(17(16)25)7-26-21(31)13-8-27-9-15-10-1-4-12(5-2-10)28(15)22(32)18(27)20(30)19(13)29/h3,6,8,10,12,15,30H,1-2,4-5,7,9H2,(H,26,31)/t10?,12?,15-/m1/s1. The molecule has 32 heavy (non-hydrogen) atoms. The van der Waals surface area contributed by atoms with Crippen molar-refractivity contribution in [3.63, 3.8) is 0 Å². The predicted octanol–water partition coefficient (Wildman–Crippen LogP) is 2.81. The third-order valence-electron chi connectivity index (χ3n) is 6.91. The molecular weight excluding hydrogens is 444 g/mol. The molecule has 2 amide bonds. The second-order valence-corrected chi connectivity index (χ2v) is 8.96. The molecule has 4 aliphatic rings. The van der Waals surface area contributed by atoms with E-state index in [1.807, 2.05) is 0 Å². The van der Waals surface area contributed by atoms with E-state index < -0.39 is 33.7 Å². The monoisotopic (exact) mass is 463 g/mol. The number of hydrogen-bond acceptors (Lipinski definition) is 4. The molecule has 0 radical (unpaired) electrons. The SMILES string of the molecule is O=C(NCc1ccc(F)c(Cl)c1F)c1cn2c(c(O)c1=O)C(=O)N1C3CCC(CC3)[C@H]1C2. The van der Waals surface area contributed by atoms with Gasteiger partial charge in [0.15, 0.2) is 11.4 Å². The first-order valence-electron chi connectivity index (χ1n) is 10.5. The Bertz CT molecular complexity index is 1210. The van der Waals surface area contributed by atoms with Crippen LogP contribution in [0.25, 0.3) is 0 Å². The van der Waals surface area contributed by atoms with Crippen molar-refractivity contribution in [3.05, 3.63) is 62.0 Å². The molecule has 10 heteroatoms. The lowest BCUT2D eigenvalue weighted by Crippen LogP contribution is -2.61. The molecule has 3 aliphatic heterocycles. The van der Waals surface area contributed by atoms with Gasteiger partial charge in [0.1, 0.15) is 22.2 Å². The fourth-order valence-corrected chi connectivity index (χ4v) is 5.48. The van der Waals surface area contributed by atoms with Crippen LogP contribution in [0.15, 0.2) is 23.1 Å². The van der Waals surface area contributed by atoms with Gasteiger partial charge >= 0.3 is 0 Å². The summed E-state index contributed by atoms with van der Waals surface area (Å²) in [5.41, 5.74) is -1.50. The summed E-state index contributed by atoms with van der Waals surface area (Å²) in [6.45, 7) is 0.0459. The number of nitrogens with zero attached hydrogens (tertiary/aromatic N) is 2. The summed E-state index contributed by atoms with van der Waals surface area (Å²) in [5, 5.41) is 12.2. The fourth-order valence-electron chi connectivity index (χ4n) is 5.29. The third-order valence-corrected chi connectivity index (χ3v) is 7.26. The molecular formula is C22H20ClF2N3O4. The van der Waals surface area contributed by atoms with E-state index >= 15 is 0 Å². The summed E-state index contributed by atoms with van der Waals surface area (Å²) in [5.74, 6) is -3.58. The van der Waals surface area contributed by atoms with Crippen molar-refractivity contribution in [1.82, 2.24) is 14.8 Å². The van der Waals surface area contributed by atoms with Gasteiger partial charge < -0.3 is 19.9 Å². The molecule has 1 saturated carbocycles. The second kappa shape index (κ2) is 7.58. The van der Waals surface area contributed by atoms with Crippen molar-refractivity contribution in [2.24, 2.45) is 5.92 Å². The lowest BCUT2D eigenvalue weighted by molar-refractivity contribution is -0.0181. The maximum atomic E-state index is 14.1. The zero-order valence-corrected chi connectivity index (χ0v) is 17.7. The van der Waals surface area contributed by atoms with Crippen LogP contribution in [0.1, 0.15) is 52.1 Å². The molecule has 6 rings (SSSR count). The number of aromatic hydroxyl groups is 1. The first-order chi connectivity index (χ1) is 15.3. The number of halogens is 3. The van der Waals surface area contributed by atoms with E-state index in [1.165, 1.54) is 10.8 Å². The van der Waals surface area contributed by atoms with E-state index in [1.54, 1.807) is 4.90 Å². The van der Waals surface area contributed by atoms with Crippen LogP contribution in [0.3, 0.4) is 0 Å². The Hall–Kier alpha value is -2.94. The average Bonchev–Trinajstić information content (AvgIpc) is 2.79. The average molecular weight is 464 g/mol. The number of fused-ring (bicyclic) bond motifs is 3. The molecule has 2 bridgehead atoms. The molecule has 168 valence electrons. The van der Waals surface area contributed by atoms with E-state index in [4.69, 9.17) is 11.6 Å². The minimum absolute atomic E-state index is 0.0317. The highest BCUT2D eigenvalue weighted by atomic mass is 35.5. The summed E-state index contributed by atoms with van der Waals surface area (Å²) < 4.78 is 28.9. The van der Waals surface area contributed by atoms with Gasteiger partial charge in [-0.15, -0.1) is 0 Å². The molecule has 2 N–H and O–H groups in total. The minimum Gasteiger partial charge on any atom is -0.503 e. The van der Waals surface area contributed by atoms with Crippen LogP contribution in [0.4, 0.5) is 8.78 Å². The van der Waals surface area contributed by atoms with Crippen LogP contribution >= 0.6 is 11.6 Å². The molecule has 0 spiro atoms. The quantitative estimate of drug-likeness (QED) is 0.685. The van der Waals surface area contributed by atoms with Crippen LogP contribution in [0.5, 0.6) is 5.75 Å². The molecule has 1 aromatic carbocycles. The third kappa shape index (κ3) is 3.09. The highest BCUT2D eigenvalue weighted by molar-refractivity contribution is 6.30. The van der Waals surface area contributed by atoms with Gasteiger partial charge in [-0.1, -0.05) is 17.7 Å². The van der Waals surface area contributed by atoms with Crippen molar-refractivity contribution < 1.29 is 23.5 Å². The first kappa shape index (κ1) is 20.9. The number of amides is 2. The van der Waals surface area contributed by atoms with Crippen LogP contribution in [0, 0.1) is 17.6 Å². The van der Waals surface area contributed by atoms with Gasteiger partial charge in [0, 0.05) is 30.9 Å². The number of piperidine rings is 2. The van der Waals surface area contributed by atoms with Gasteiger partial charge in [0.05, 0.1) is 6.04 Å². The summed E-state index contributed by atoms with van der Waals surface area (Å²) >= 11 is 5.55. The second-order valence-electron chi connectivity index (χ2n) is 8.59. The number of aromatic nitrogens is 1. The van der Waals surface area contributed by atoms with Crippen LogP contribution in [-0.4, -0.2) is 38.5 Å². The lowest BCUT2D eigenvalue weighted by Gasteiger charge is -2.53. The number of pyridine rings is 1. The number of carbonyl (C=O) groups is 2. The Morgan fingerprint density at radius 1 is 1.19 bits per heavy atom. The molecule has 1 aliphatic carbocycles. The summed E-state index contributed by atoms with van der Waals surface area (Å²) in [6, 6.07) is 2.19. The summed E-state index contributed by atoms with van der Waals surface area (Å²) in [6.07, 6.45) is 5.17. The van der Waals surface area contributed by atoms with Crippen LogP contribution in [-0.2, 0) is 13.1 Å². The van der Waals surface area contributed by atoms with E-state index in [0.29, 0.717) is 12.5 Å². The van der Waals surface area contributed by atoms with Gasteiger partial charge in [-0.05, 0) is 37.7 Å². The van der Waals surface area contributed by atoms with E-state index in [2.05, 4.69) is 5.32 Å². The number of nitrogens with one attached hydrogen (secondary N) is 1. The highest BCUT2D eigenvalue weighted by Crippen LogP contribution is 2.43. The number of benzene rings is 1. The topological polar surface area (TPSA) is 91.6 Å². The Labute approximate surface area is 186 Å². The molecule has 2 aromatic rings. The number of hydrogen-bond donors (Lipinski definition) is 2. The maximum Gasteiger partial charge on any atom is 0.275 e. The van der Waals surface area contributed by atoms with Gasteiger partial charge in [-0.3, -0.25) is 14.4 Å². The van der Waals surface area contributed by atoms with Crippen molar-refractivity contribution >= 4 is 23.4 Å². The van der Waals surface area contributed by atoms with Gasteiger partial charge in [-0.25, -0.2) is 8.78 Å². The highest BCUT2D eigenvalue weighted by Gasteiger charge is 2.48. The van der Waals surface area contributed by atoms with Crippen molar-refractivity contribution in [1.29, 1.82) is 0 Å². The zero-order valence-electron chi connectivity index (χ0n) is 16.9. The molecule has 1 aromatic heterocycles. The molecule has 4 heterocycles. The summed E-state index contributed by atoms with van der Waals surface area (Å²) in [7, 11) is 0. The molecule has 3 fully saturated rings. The molecule has 0 unspecified atom stereocenters. The summed E-state index contributed by atoms with van der Waals surface area (Å²) in [4.78, 5) is 40.3. The smallest absolute Gasteiger partial charge is 0.275 e. The number of rotatable bonds is 3. The van der Waals surface area contributed by atoms with Gasteiger partial charge in [0.2, 0.25) is 5.43 Å². The maximum absolute atomic E-state index is 14.1. The van der Waals surface area contributed by atoms with Gasteiger partial charge in [-0.2, -0.15) is 0 Å². The molecule has 1 atom stereocenters. The Balaban J connectivity index is 1.44. The lowest BCUT2D eigenvalue weighted by atomic mass is 9.73. The first-order valence-corrected chi connectivity index (χ1v) is 10.8. The van der Waals surface area contributed by atoms with Crippen molar-refractivity contribution in [2.45, 2.75) is 50.9 Å².